The molecule has 0 saturated carbocycles. The van der Waals surface area contributed by atoms with Gasteiger partial charge < -0.3 is 34.3 Å². The molecule has 15 nitrogen and oxygen atoms in total. The Morgan fingerprint density at radius 1 is 1.07 bits per heavy atom. The number of methoxy groups -OCH3 is 1. The fourth-order valence-electron chi connectivity index (χ4n) is 10.0. The minimum atomic E-state index is -2.24. The van der Waals surface area contributed by atoms with Gasteiger partial charge in [-0.25, -0.2) is 4.79 Å². The van der Waals surface area contributed by atoms with Crippen LogP contribution in [-0.2, 0) is 52.8 Å². The molecule has 0 aliphatic carbocycles. The third kappa shape index (κ3) is 10.7. The SMILES string of the molecule is C=CC(=O)N1CC[C@H](C(=O)N(CC)[C@H](C(=O)N[C@H]2Cc3cccc(c3)-c3ccc4c(c3)c(c(/C(C=C)=C(/N=CC)[C@H](C)OC)n4CC)CC(C)(C)COC(=O)[C@@]3(O)CCCN(N3)C2=O)C(C)C)C1. The summed E-state index contributed by atoms with van der Waals surface area (Å²) in [6, 6.07) is 12.1. The molecule has 3 aliphatic rings. The first-order valence-corrected chi connectivity index (χ1v) is 24.0. The van der Waals surface area contributed by atoms with Gasteiger partial charge in [0.1, 0.15) is 12.1 Å². The van der Waals surface area contributed by atoms with E-state index in [1.807, 2.05) is 78.8 Å². The predicted octanol–water partition coefficient (Wildman–Crippen LogP) is 6.23. The zero-order valence-corrected chi connectivity index (χ0v) is 41.4. The number of aliphatic imine (C=N–C) groups is 1. The maximum Gasteiger partial charge on any atom is 0.355 e. The van der Waals surface area contributed by atoms with Crippen LogP contribution in [0.2, 0.25) is 0 Å². The largest absolute Gasteiger partial charge is 0.462 e. The Morgan fingerprint density at radius 3 is 2.46 bits per heavy atom. The quantitative estimate of drug-likeness (QED) is 0.0778. The lowest BCUT2D eigenvalue weighted by molar-refractivity contribution is -0.189. The van der Waals surface area contributed by atoms with Crippen molar-refractivity contribution in [1.82, 2.24) is 30.1 Å². The number of carbonyl (C=O) groups is 5. The fourth-order valence-corrected chi connectivity index (χ4v) is 10.0. The lowest BCUT2D eigenvalue weighted by Gasteiger charge is -2.40. The van der Waals surface area contributed by atoms with Crippen LogP contribution in [0.5, 0.6) is 0 Å². The topological polar surface area (TPSA) is 175 Å². The summed E-state index contributed by atoms with van der Waals surface area (Å²) < 4.78 is 14.1. The van der Waals surface area contributed by atoms with Crippen molar-refractivity contribution < 1.29 is 38.6 Å². The Labute approximate surface area is 401 Å². The summed E-state index contributed by atoms with van der Waals surface area (Å²) in [5.41, 5.74) is 6.94. The molecule has 366 valence electrons. The molecule has 5 atom stereocenters. The normalized spacial score (nSPS) is 22.3. The van der Waals surface area contributed by atoms with E-state index in [9.17, 15) is 29.1 Å². The van der Waals surface area contributed by atoms with Gasteiger partial charge in [-0.15, -0.1) is 0 Å². The molecular formula is C53H71N7O8. The first-order chi connectivity index (χ1) is 32.3. The average molecular weight is 934 g/mol. The summed E-state index contributed by atoms with van der Waals surface area (Å²) in [6.45, 7) is 24.9. The first-order valence-electron chi connectivity index (χ1n) is 24.0. The number of cyclic esters (lactones) is 1. The van der Waals surface area contributed by atoms with Crippen molar-refractivity contribution in [3.05, 3.63) is 90.3 Å². The number of likely N-dealkylation sites (N-methyl/N-ethyl adjacent to an activating group) is 1. The van der Waals surface area contributed by atoms with Gasteiger partial charge in [0.15, 0.2) is 0 Å². The van der Waals surface area contributed by atoms with Crippen molar-refractivity contribution in [3.63, 3.8) is 0 Å². The number of ether oxygens (including phenoxy) is 2. The highest BCUT2D eigenvalue weighted by Crippen LogP contribution is 2.40. The second kappa shape index (κ2) is 21.6. The minimum absolute atomic E-state index is 0.0160. The summed E-state index contributed by atoms with van der Waals surface area (Å²) in [6.07, 6.45) is 5.67. The molecule has 2 fully saturated rings. The van der Waals surface area contributed by atoms with Crippen LogP contribution in [0.4, 0.5) is 0 Å². The van der Waals surface area contributed by atoms with E-state index in [1.54, 1.807) is 23.1 Å². The monoisotopic (exact) mass is 934 g/mol. The van der Waals surface area contributed by atoms with Gasteiger partial charge in [-0.1, -0.05) is 77.3 Å². The molecule has 1 aromatic heterocycles. The van der Waals surface area contributed by atoms with Crippen molar-refractivity contribution in [2.45, 2.75) is 118 Å². The van der Waals surface area contributed by atoms with E-state index < -0.39 is 46.9 Å². The van der Waals surface area contributed by atoms with Crippen LogP contribution in [0.3, 0.4) is 0 Å². The number of aryl methyl sites for hydroxylation is 1. The number of hydrazine groups is 1. The molecule has 2 saturated heterocycles. The van der Waals surface area contributed by atoms with Crippen molar-refractivity contribution in [1.29, 1.82) is 0 Å². The third-order valence-corrected chi connectivity index (χ3v) is 13.5. The van der Waals surface area contributed by atoms with Crippen LogP contribution in [0.1, 0.15) is 91.5 Å². The maximum absolute atomic E-state index is 14.8. The molecule has 6 rings (SSSR count). The van der Waals surface area contributed by atoms with Gasteiger partial charge in [0, 0.05) is 80.8 Å². The van der Waals surface area contributed by atoms with Gasteiger partial charge in [0.25, 0.3) is 5.91 Å². The summed E-state index contributed by atoms with van der Waals surface area (Å²) in [7, 11) is 1.65. The second-order valence-electron chi connectivity index (χ2n) is 19.3. The molecule has 0 spiro atoms. The summed E-state index contributed by atoms with van der Waals surface area (Å²) in [5.74, 6) is -3.35. The number of amides is 4. The zero-order chi connectivity index (χ0) is 49.7. The summed E-state index contributed by atoms with van der Waals surface area (Å²) >= 11 is 0. The lowest BCUT2D eigenvalue weighted by Crippen LogP contribution is -2.67. The Morgan fingerprint density at radius 2 is 1.81 bits per heavy atom. The number of likely N-dealkylation sites (tertiary alicyclic amines) is 1. The van der Waals surface area contributed by atoms with Crippen LogP contribution >= 0.6 is 0 Å². The summed E-state index contributed by atoms with van der Waals surface area (Å²) in [5, 5.41) is 17.1. The van der Waals surface area contributed by atoms with Gasteiger partial charge in [-0.05, 0) is 93.3 Å². The number of allylic oxidation sites excluding steroid dienone is 2. The molecule has 15 heteroatoms. The highest BCUT2D eigenvalue weighted by atomic mass is 16.6. The van der Waals surface area contributed by atoms with Gasteiger partial charge in [0.05, 0.1) is 30.0 Å². The van der Waals surface area contributed by atoms with Crippen LogP contribution in [0.15, 0.2) is 78.5 Å². The number of esters is 1. The first kappa shape index (κ1) is 51.5. The number of carbonyl (C=O) groups excluding carboxylic acids is 5. The molecule has 0 unspecified atom stereocenters. The van der Waals surface area contributed by atoms with Gasteiger partial charge >= 0.3 is 5.97 Å². The van der Waals surface area contributed by atoms with Gasteiger partial charge in [-0.2, -0.15) is 5.43 Å². The van der Waals surface area contributed by atoms with E-state index in [0.717, 1.165) is 50.1 Å². The van der Waals surface area contributed by atoms with E-state index in [4.69, 9.17) is 14.5 Å². The second-order valence-corrected chi connectivity index (χ2v) is 19.3. The minimum Gasteiger partial charge on any atom is -0.462 e. The smallest absolute Gasteiger partial charge is 0.355 e. The van der Waals surface area contributed by atoms with Gasteiger partial charge in [-0.3, -0.25) is 29.2 Å². The van der Waals surface area contributed by atoms with Crippen LogP contribution in [0.25, 0.3) is 27.6 Å². The number of fused-ring (bicyclic) bond motifs is 6. The Balaban J connectivity index is 1.47. The average Bonchev–Trinajstić information content (AvgIpc) is 3.94. The number of nitrogens with zero attached hydrogens (tertiary/aromatic N) is 5. The molecule has 3 aromatic rings. The van der Waals surface area contributed by atoms with Crippen LogP contribution < -0.4 is 10.7 Å². The van der Waals surface area contributed by atoms with E-state index in [-0.39, 0.29) is 69.3 Å². The molecule has 4 amide bonds. The number of aromatic nitrogens is 1. The Hall–Kier alpha value is -5.90. The van der Waals surface area contributed by atoms with Crippen LogP contribution in [0, 0.1) is 17.3 Å². The van der Waals surface area contributed by atoms with Gasteiger partial charge in [0.2, 0.25) is 23.4 Å². The highest BCUT2D eigenvalue weighted by molar-refractivity contribution is 5.96. The number of hydrogen-bond acceptors (Lipinski definition) is 10. The molecule has 2 aromatic carbocycles. The standard InChI is InChI=1S/C53H71N7O8/c1-12-39(45(54-14-3)34(8)67-11)47-41-30-52(9,10)32-68-51(65)53(66)24-18-25-60(56-53)50(64)42(28-35-19-17-20-36(27-35)37-21-22-43(40(41)29-37)58(47)15-4)55-48(62)46(33(6)7)59(16-5)49(63)38-23-26-57(31-38)44(61)13-2/h12-14,17,19-22,27,29,33-34,38,42,46,56,66H,1-2,15-16,18,23-26,28,30-32H2,3-11H3,(H,55,62)/b45-39+,54-14?/t34-,38-,42-,46-,53-/m0/s1. The van der Waals surface area contributed by atoms with Crippen molar-refractivity contribution >= 4 is 52.3 Å². The molecule has 6 bridgehead atoms. The highest BCUT2D eigenvalue weighted by Gasteiger charge is 2.46. The Bertz CT molecular complexity index is 2490. The molecule has 4 heterocycles. The summed E-state index contributed by atoms with van der Waals surface area (Å²) in [4.78, 5) is 78.0. The molecule has 0 radical (unpaired) electrons. The fraction of sp³-hybridized carbons (Fsp3) is 0.509. The van der Waals surface area contributed by atoms with Crippen molar-refractivity contribution in [2.75, 3.05) is 39.9 Å². The number of nitrogens with one attached hydrogen (secondary N) is 2. The van der Waals surface area contributed by atoms with E-state index in [1.165, 1.54) is 11.1 Å². The number of aliphatic hydroxyl groups is 1. The molecule has 3 N–H and O–H groups in total. The zero-order valence-electron chi connectivity index (χ0n) is 41.4. The maximum atomic E-state index is 14.8. The lowest BCUT2D eigenvalue weighted by atomic mass is 9.84. The van der Waals surface area contributed by atoms with Crippen LogP contribution in [-0.4, -0.2) is 124 Å². The van der Waals surface area contributed by atoms with E-state index in [0.29, 0.717) is 25.9 Å². The molecule has 3 aliphatic heterocycles. The van der Waals surface area contributed by atoms with E-state index in [2.05, 4.69) is 53.6 Å². The van der Waals surface area contributed by atoms with E-state index >= 15 is 0 Å². The predicted molar refractivity (Wildman–Crippen MR) is 265 cm³/mol. The molecule has 68 heavy (non-hydrogen) atoms. The number of rotatable bonds is 13. The molecular weight excluding hydrogens is 863 g/mol. The van der Waals surface area contributed by atoms with Crippen molar-refractivity contribution in [3.8, 4) is 11.1 Å². The Kier molecular flexibility index (Phi) is 16.3. The third-order valence-electron chi connectivity index (χ3n) is 13.5. The number of benzene rings is 2. The number of hydrogen-bond donors (Lipinski definition) is 3. The van der Waals surface area contributed by atoms with Crippen molar-refractivity contribution in [2.24, 2.45) is 22.2 Å².